The second kappa shape index (κ2) is 22.7. The highest BCUT2D eigenvalue weighted by Gasteiger charge is 2.04. The molecule has 0 bridgehead atoms. The normalized spacial score (nSPS) is 12.8. The van der Waals surface area contributed by atoms with Gasteiger partial charge in [0.05, 0.1) is 6.61 Å². The number of nitrogens with zero attached hydrogens (tertiary/aromatic N) is 1. The van der Waals surface area contributed by atoms with Gasteiger partial charge in [0.15, 0.2) is 0 Å². The predicted octanol–water partition coefficient (Wildman–Crippen LogP) is 8.49. The minimum absolute atomic E-state index is 0.551. The van der Waals surface area contributed by atoms with E-state index in [-0.39, 0.29) is 0 Å². The number of pyridine rings is 1. The van der Waals surface area contributed by atoms with Gasteiger partial charge in [-0.1, -0.05) is 122 Å². The lowest BCUT2D eigenvalue weighted by molar-refractivity contribution is 0.307. The van der Waals surface area contributed by atoms with Crippen molar-refractivity contribution in [2.45, 2.75) is 110 Å². The molecule has 170 valence electrons. The summed E-state index contributed by atoms with van der Waals surface area (Å²) in [5, 5.41) is 0. The molecule has 0 aromatic carbocycles. The zero-order chi connectivity index (χ0) is 21.5. The van der Waals surface area contributed by atoms with E-state index >= 15 is 0 Å². The second-order valence-electron chi connectivity index (χ2n) is 7.65. The third-order valence-corrected chi connectivity index (χ3v) is 6.01. The van der Waals surface area contributed by atoms with Crippen LogP contribution in [0.5, 0.6) is 0 Å². The summed E-state index contributed by atoms with van der Waals surface area (Å²) < 4.78 is 5.09. The zero-order valence-corrected chi connectivity index (χ0v) is 21.1. The molecule has 0 aliphatic heterocycles. The van der Waals surface area contributed by atoms with Crippen LogP contribution in [0, 0.1) is 0 Å². The number of rotatable bonds is 18. The maximum absolute atomic E-state index is 9.21. The van der Waals surface area contributed by atoms with Gasteiger partial charge in [-0.05, 0) is 30.4 Å². The maximum atomic E-state index is 9.21. The fraction of sp³-hybridized carbons (Fsp3) is 0.783. The van der Waals surface area contributed by atoms with Gasteiger partial charge in [0.1, 0.15) is 0 Å². The summed E-state index contributed by atoms with van der Waals surface area (Å²) in [6.07, 6.45) is 25.2. The van der Waals surface area contributed by atoms with E-state index in [9.17, 15) is 4.89 Å². The minimum atomic E-state index is -2.73. The summed E-state index contributed by atoms with van der Waals surface area (Å²) in [5.41, 5.74) is -2.73. The molecular weight excluding hydrogens is 417 g/mol. The number of unbranched alkanes of at least 4 members (excludes halogenated alkanes) is 15. The van der Waals surface area contributed by atoms with Crippen molar-refractivity contribution in [1.29, 1.82) is 0 Å². The average molecular weight is 462 g/mol. The Morgan fingerprint density at radius 1 is 0.724 bits per heavy atom. The minimum Gasteiger partial charge on any atom is -0.338 e. The molecule has 1 atom stereocenters. The quantitative estimate of drug-likeness (QED) is 0.131. The van der Waals surface area contributed by atoms with E-state index in [1.54, 1.807) is 12.4 Å². The Morgan fingerprint density at radius 2 is 1.10 bits per heavy atom. The largest absolute Gasteiger partial charge is 0.338 e. The van der Waals surface area contributed by atoms with Gasteiger partial charge < -0.3 is 9.42 Å². The smallest absolute Gasteiger partial charge is 0.241 e. The van der Waals surface area contributed by atoms with E-state index in [1.165, 1.54) is 96.3 Å². The van der Waals surface area contributed by atoms with Gasteiger partial charge in [-0.2, -0.15) is 0 Å². The third-order valence-electron chi connectivity index (χ3n) is 4.82. The Labute approximate surface area is 190 Å². The highest BCUT2D eigenvalue weighted by atomic mass is 32.9. The van der Waals surface area contributed by atoms with Gasteiger partial charge in [-0.3, -0.25) is 4.98 Å². The van der Waals surface area contributed by atoms with E-state index < -0.39 is 5.69 Å². The lowest BCUT2D eigenvalue weighted by Crippen LogP contribution is -1.89. The van der Waals surface area contributed by atoms with Crippen LogP contribution in [-0.4, -0.2) is 16.5 Å². The molecule has 0 fully saturated rings. The van der Waals surface area contributed by atoms with Gasteiger partial charge >= 0.3 is 0 Å². The van der Waals surface area contributed by atoms with Crippen LogP contribution in [0.2, 0.25) is 0 Å². The Morgan fingerprint density at radius 3 is 1.38 bits per heavy atom. The first-order valence-corrected chi connectivity index (χ1v) is 15.4. The number of hydrogen-bond acceptors (Lipinski definition) is 3. The molecule has 0 spiro atoms. The molecule has 0 saturated heterocycles. The molecule has 0 aliphatic carbocycles. The average Bonchev–Trinajstić information content (AvgIpc) is 2.71. The van der Waals surface area contributed by atoms with Crippen LogP contribution < -0.4 is 0 Å². The lowest BCUT2D eigenvalue weighted by Gasteiger charge is -2.08. The van der Waals surface area contributed by atoms with E-state index in [0.29, 0.717) is 6.61 Å². The van der Waals surface area contributed by atoms with E-state index in [0.717, 1.165) is 6.42 Å². The number of thiol groups is 1. The molecule has 1 aromatic rings. The Kier molecular flexibility index (Phi) is 22.8. The highest BCUT2D eigenvalue weighted by Crippen LogP contribution is 2.47. The van der Waals surface area contributed by atoms with E-state index in [1.807, 2.05) is 18.2 Å². The lowest BCUT2D eigenvalue weighted by atomic mass is 10.0. The third kappa shape index (κ3) is 28.1. The maximum Gasteiger partial charge on any atom is 0.241 e. The second-order valence-corrected chi connectivity index (χ2v) is 12.8. The van der Waals surface area contributed by atoms with Crippen LogP contribution in [0.1, 0.15) is 110 Å². The molecule has 1 rings (SSSR count). The van der Waals surface area contributed by atoms with Gasteiger partial charge in [0.2, 0.25) is 5.69 Å². The molecule has 0 saturated carbocycles. The Balaban J connectivity index is 0.00000110. The Hall–Kier alpha value is 0.0700. The van der Waals surface area contributed by atoms with Crippen molar-refractivity contribution in [2.24, 2.45) is 0 Å². The molecule has 1 aromatic heterocycles. The molecule has 3 nitrogen and oxygen atoms in total. The molecule has 29 heavy (non-hydrogen) atoms. The fourth-order valence-corrected chi connectivity index (χ4v) is 3.98. The number of hydrogen-bond donors (Lipinski definition) is 2. The first-order chi connectivity index (χ1) is 14.1. The van der Waals surface area contributed by atoms with Crippen molar-refractivity contribution >= 4 is 29.7 Å². The van der Waals surface area contributed by atoms with Crippen LogP contribution in [0.15, 0.2) is 30.6 Å². The molecule has 6 heteroatoms. The molecule has 1 heterocycles. The Bertz CT molecular complexity index is 444. The number of aromatic nitrogens is 1. The molecule has 1 N–H and O–H groups in total. The van der Waals surface area contributed by atoms with E-state index in [4.69, 9.17) is 16.3 Å². The fourth-order valence-electron chi connectivity index (χ4n) is 3.15. The highest BCUT2D eigenvalue weighted by molar-refractivity contribution is 8.59. The first-order valence-electron chi connectivity index (χ1n) is 11.6. The molecule has 1 unspecified atom stereocenters. The van der Waals surface area contributed by atoms with Crippen molar-refractivity contribution < 1.29 is 9.42 Å². The van der Waals surface area contributed by atoms with E-state index in [2.05, 4.69) is 24.2 Å². The van der Waals surface area contributed by atoms with Gasteiger partial charge in [-0.25, -0.2) is 0 Å². The van der Waals surface area contributed by atoms with Crippen molar-refractivity contribution in [2.75, 3.05) is 6.61 Å². The first kappa shape index (κ1) is 29.1. The molecule has 0 radical (unpaired) electrons. The summed E-state index contributed by atoms with van der Waals surface area (Å²) in [4.78, 5) is 13.0. The summed E-state index contributed by atoms with van der Waals surface area (Å²) in [6.45, 7) is 2.83. The van der Waals surface area contributed by atoms with Crippen molar-refractivity contribution in [1.82, 2.24) is 4.98 Å². The van der Waals surface area contributed by atoms with Crippen LogP contribution in [0.3, 0.4) is 0 Å². The zero-order valence-electron chi connectivity index (χ0n) is 18.5. The standard InChI is InChI=1S/C18H39O2PS2.C5H5N/c1-2-3-4-5-6-7-8-9-10-11-12-13-14-15-16-17-18-20-21(19,22)23;1-2-4-6-5-3-1/h2-18H2,1H3,(H2,19,22,23);1-5H. The summed E-state index contributed by atoms with van der Waals surface area (Å²) >= 11 is 8.55. The molecule has 0 amide bonds. The van der Waals surface area contributed by atoms with Crippen LogP contribution in [-0.2, 0) is 16.3 Å². The summed E-state index contributed by atoms with van der Waals surface area (Å²) in [6, 6.07) is 5.72. The molecular formula is C23H44NO2PS2. The SMILES string of the molecule is CCCCCCCCCCCCCCCCCCOP(O)(=S)S.c1ccncc1. The van der Waals surface area contributed by atoms with Crippen LogP contribution in [0.25, 0.3) is 0 Å². The topological polar surface area (TPSA) is 42.4 Å². The monoisotopic (exact) mass is 461 g/mol. The van der Waals surface area contributed by atoms with Crippen LogP contribution in [0.4, 0.5) is 0 Å². The van der Waals surface area contributed by atoms with Gasteiger partial charge in [0, 0.05) is 12.4 Å². The van der Waals surface area contributed by atoms with Crippen molar-refractivity contribution in [3.63, 3.8) is 0 Å². The van der Waals surface area contributed by atoms with Crippen molar-refractivity contribution in [3.8, 4) is 0 Å². The van der Waals surface area contributed by atoms with Gasteiger partial charge in [0.25, 0.3) is 0 Å². The van der Waals surface area contributed by atoms with Gasteiger partial charge in [-0.15, -0.1) is 0 Å². The van der Waals surface area contributed by atoms with Crippen molar-refractivity contribution in [3.05, 3.63) is 30.6 Å². The van der Waals surface area contributed by atoms with Crippen LogP contribution >= 0.6 is 17.9 Å². The summed E-state index contributed by atoms with van der Waals surface area (Å²) in [7, 11) is 0. The summed E-state index contributed by atoms with van der Waals surface area (Å²) in [5.74, 6) is 0. The predicted molar refractivity (Wildman–Crippen MR) is 135 cm³/mol. The molecule has 0 aliphatic rings.